The van der Waals surface area contributed by atoms with E-state index >= 15 is 0 Å². The van der Waals surface area contributed by atoms with Gasteiger partial charge in [0.05, 0.1) is 12.4 Å². The molecule has 2 aromatic rings. The van der Waals surface area contributed by atoms with Crippen LogP contribution in [0.3, 0.4) is 0 Å². The molecule has 0 saturated heterocycles. The largest absolute Gasteiger partial charge is 0.490 e. The van der Waals surface area contributed by atoms with Gasteiger partial charge in [-0.15, -0.1) is 24.8 Å². The number of halogens is 2. The molecule has 1 fully saturated rings. The van der Waals surface area contributed by atoms with Crippen LogP contribution in [0.4, 0.5) is 0 Å². The summed E-state index contributed by atoms with van der Waals surface area (Å²) in [6.45, 7) is 0. The van der Waals surface area contributed by atoms with Gasteiger partial charge in [0.15, 0.2) is 0 Å². The molecule has 0 radical (unpaired) electrons. The average molecular weight is 446 g/mol. The van der Waals surface area contributed by atoms with Crippen LogP contribution in [0, 0.1) is 0 Å². The predicted molar refractivity (Wildman–Crippen MR) is 116 cm³/mol. The number of hydrogen-bond donors (Lipinski definition) is 1. The summed E-state index contributed by atoms with van der Waals surface area (Å²) in [6.07, 6.45) is 7.06. The van der Waals surface area contributed by atoms with E-state index in [4.69, 9.17) is 4.74 Å². The molecule has 8 heteroatoms. The zero-order valence-corrected chi connectivity index (χ0v) is 18.0. The Kier molecular flexibility index (Phi) is 9.27. The van der Waals surface area contributed by atoms with Gasteiger partial charge in [0.2, 0.25) is 10.0 Å². The van der Waals surface area contributed by atoms with Gasteiger partial charge < -0.3 is 4.74 Å². The van der Waals surface area contributed by atoms with Gasteiger partial charge in [-0.3, -0.25) is 4.79 Å². The Hall–Kier alpha value is -1.76. The third-order valence-corrected chi connectivity index (χ3v) is 5.03. The van der Waals surface area contributed by atoms with Crippen molar-refractivity contribution in [3.8, 4) is 16.9 Å². The monoisotopic (exact) mass is 445 g/mol. The van der Waals surface area contributed by atoms with Crippen LogP contribution >= 0.6 is 24.8 Å². The highest BCUT2D eigenvalue weighted by molar-refractivity contribution is 7.89. The van der Waals surface area contributed by atoms with Crippen molar-refractivity contribution >= 4 is 40.7 Å². The van der Waals surface area contributed by atoms with Gasteiger partial charge in [0.1, 0.15) is 5.75 Å². The van der Waals surface area contributed by atoms with Crippen LogP contribution < -0.4 is 9.46 Å². The Morgan fingerprint density at radius 3 is 2.18 bits per heavy atom. The minimum Gasteiger partial charge on any atom is -0.490 e. The van der Waals surface area contributed by atoms with Crippen molar-refractivity contribution < 1.29 is 17.9 Å². The summed E-state index contributed by atoms with van der Waals surface area (Å²) in [6, 6.07) is 14.7. The third-order valence-electron chi connectivity index (χ3n) is 4.47. The van der Waals surface area contributed by atoms with E-state index in [-0.39, 0.29) is 30.9 Å². The van der Waals surface area contributed by atoms with Crippen LogP contribution in [-0.4, -0.2) is 26.7 Å². The van der Waals surface area contributed by atoms with E-state index in [9.17, 15) is 13.2 Å². The first-order chi connectivity index (χ1) is 12.4. The van der Waals surface area contributed by atoms with E-state index in [1.54, 1.807) is 24.3 Å². The SMILES string of the molecule is CS(=O)(=O)NC(=O)c1ccc(-c2ccccc2OC2CCCCC2)cc1.Cl.Cl. The molecule has 1 N–H and O–H groups in total. The molecule has 0 atom stereocenters. The maximum Gasteiger partial charge on any atom is 0.264 e. The lowest BCUT2D eigenvalue weighted by atomic mass is 9.97. The Morgan fingerprint density at radius 1 is 0.964 bits per heavy atom. The molecule has 2 aromatic carbocycles. The van der Waals surface area contributed by atoms with Gasteiger partial charge in [-0.2, -0.15) is 0 Å². The van der Waals surface area contributed by atoms with Crippen molar-refractivity contribution in [1.82, 2.24) is 4.72 Å². The predicted octanol–water partition coefficient (Wildman–Crippen LogP) is 4.60. The molecule has 1 aliphatic carbocycles. The molecule has 154 valence electrons. The van der Waals surface area contributed by atoms with E-state index in [1.807, 2.05) is 29.0 Å². The fourth-order valence-corrected chi connectivity index (χ4v) is 3.65. The summed E-state index contributed by atoms with van der Waals surface area (Å²) >= 11 is 0. The summed E-state index contributed by atoms with van der Waals surface area (Å²) in [5.74, 6) is 0.207. The maximum absolute atomic E-state index is 11.9. The van der Waals surface area contributed by atoms with Crippen LogP contribution in [0.1, 0.15) is 42.5 Å². The highest BCUT2D eigenvalue weighted by Gasteiger charge is 2.17. The Labute approximate surface area is 178 Å². The van der Waals surface area contributed by atoms with E-state index in [1.165, 1.54) is 19.3 Å². The first kappa shape index (κ1) is 24.3. The van der Waals surface area contributed by atoms with Crippen molar-refractivity contribution in [3.63, 3.8) is 0 Å². The molecule has 0 unspecified atom stereocenters. The second kappa shape index (κ2) is 10.7. The number of carbonyl (C=O) groups is 1. The molecule has 3 rings (SSSR count). The summed E-state index contributed by atoms with van der Waals surface area (Å²) in [5, 5.41) is 0. The summed E-state index contributed by atoms with van der Waals surface area (Å²) in [4.78, 5) is 11.9. The van der Waals surface area contributed by atoms with Crippen molar-refractivity contribution in [2.45, 2.75) is 38.2 Å². The Bertz CT molecular complexity index is 879. The lowest BCUT2D eigenvalue weighted by molar-refractivity contribution is 0.0981. The second-order valence-electron chi connectivity index (χ2n) is 6.65. The molecule has 0 aromatic heterocycles. The van der Waals surface area contributed by atoms with Crippen molar-refractivity contribution in [3.05, 3.63) is 54.1 Å². The smallest absolute Gasteiger partial charge is 0.264 e. The van der Waals surface area contributed by atoms with E-state index < -0.39 is 15.9 Å². The molecule has 0 heterocycles. The van der Waals surface area contributed by atoms with Gasteiger partial charge >= 0.3 is 0 Å². The number of amides is 1. The van der Waals surface area contributed by atoms with E-state index in [2.05, 4.69) is 0 Å². The lowest BCUT2D eigenvalue weighted by Crippen LogP contribution is -2.29. The zero-order chi connectivity index (χ0) is 18.6. The van der Waals surface area contributed by atoms with Crippen LogP contribution in [0.15, 0.2) is 48.5 Å². The summed E-state index contributed by atoms with van der Waals surface area (Å²) < 4.78 is 30.6. The average Bonchev–Trinajstić information content (AvgIpc) is 2.62. The minimum atomic E-state index is -3.58. The first-order valence-corrected chi connectivity index (χ1v) is 10.7. The van der Waals surface area contributed by atoms with Gasteiger partial charge in [0, 0.05) is 11.1 Å². The molecular formula is C20H25Cl2NO4S. The van der Waals surface area contributed by atoms with E-state index in [0.29, 0.717) is 5.56 Å². The molecule has 1 amide bonds. The van der Waals surface area contributed by atoms with Gasteiger partial charge in [0.25, 0.3) is 5.91 Å². The minimum absolute atomic E-state index is 0. The molecule has 0 aliphatic heterocycles. The molecule has 5 nitrogen and oxygen atoms in total. The molecular weight excluding hydrogens is 421 g/mol. The lowest BCUT2D eigenvalue weighted by Gasteiger charge is -2.24. The molecule has 28 heavy (non-hydrogen) atoms. The number of sulfonamides is 1. The standard InChI is InChI=1S/C20H23NO4S.2ClH/c1-26(23,24)21-20(22)16-13-11-15(12-14-16)18-9-5-6-10-19(18)25-17-7-3-2-4-8-17;;/h5-6,9-14,17H,2-4,7-8H2,1H3,(H,21,22);2*1H. The first-order valence-electron chi connectivity index (χ1n) is 8.80. The third kappa shape index (κ3) is 6.69. The number of ether oxygens (including phenoxy) is 1. The number of hydrogen-bond acceptors (Lipinski definition) is 4. The topological polar surface area (TPSA) is 72.5 Å². The van der Waals surface area contributed by atoms with Crippen LogP contribution in [-0.2, 0) is 10.0 Å². The number of nitrogens with one attached hydrogen (secondary N) is 1. The molecule has 1 aliphatic rings. The van der Waals surface area contributed by atoms with E-state index in [0.717, 1.165) is 36.0 Å². The van der Waals surface area contributed by atoms with Crippen LogP contribution in [0.2, 0.25) is 0 Å². The fourth-order valence-electron chi connectivity index (χ4n) is 3.20. The molecule has 0 bridgehead atoms. The van der Waals surface area contributed by atoms with Crippen LogP contribution in [0.25, 0.3) is 11.1 Å². The van der Waals surface area contributed by atoms with Gasteiger partial charge in [-0.25, -0.2) is 13.1 Å². The van der Waals surface area contributed by atoms with Gasteiger partial charge in [-0.1, -0.05) is 36.8 Å². The van der Waals surface area contributed by atoms with Crippen molar-refractivity contribution in [1.29, 1.82) is 0 Å². The number of rotatable bonds is 5. The normalized spacial score (nSPS) is 14.3. The Morgan fingerprint density at radius 2 is 1.57 bits per heavy atom. The number of benzene rings is 2. The number of para-hydroxylation sites is 1. The highest BCUT2D eigenvalue weighted by Crippen LogP contribution is 2.32. The second-order valence-corrected chi connectivity index (χ2v) is 8.40. The van der Waals surface area contributed by atoms with Gasteiger partial charge in [-0.05, 0) is 49.4 Å². The molecule has 0 spiro atoms. The summed E-state index contributed by atoms with van der Waals surface area (Å²) in [5.41, 5.74) is 2.19. The van der Waals surface area contributed by atoms with Crippen molar-refractivity contribution in [2.24, 2.45) is 0 Å². The summed E-state index contributed by atoms with van der Waals surface area (Å²) in [7, 11) is -3.58. The maximum atomic E-state index is 11.9. The Balaban J connectivity index is 0.00000196. The number of carbonyl (C=O) groups excluding carboxylic acids is 1. The fraction of sp³-hybridized carbons (Fsp3) is 0.350. The highest BCUT2D eigenvalue weighted by atomic mass is 35.5. The molecule has 1 saturated carbocycles. The van der Waals surface area contributed by atoms with Crippen LogP contribution in [0.5, 0.6) is 5.75 Å². The van der Waals surface area contributed by atoms with Crippen molar-refractivity contribution in [2.75, 3.05) is 6.26 Å². The zero-order valence-electron chi connectivity index (χ0n) is 15.6. The quantitative estimate of drug-likeness (QED) is 0.729.